The molecule has 1 atom stereocenters. The largest absolute Gasteiger partial charge is 0.466 e. The summed E-state index contributed by atoms with van der Waals surface area (Å²) in [5.41, 5.74) is 5.46. The van der Waals surface area contributed by atoms with Crippen molar-refractivity contribution >= 4 is 40.9 Å². The van der Waals surface area contributed by atoms with E-state index < -0.39 is 11.9 Å². The third kappa shape index (κ3) is 15.0. The maximum Gasteiger partial charge on any atom is 0.336 e. The van der Waals surface area contributed by atoms with Crippen LogP contribution in [0.3, 0.4) is 0 Å². The molecule has 0 radical (unpaired) electrons. The third-order valence-corrected chi connectivity index (χ3v) is 14.1. The van der Waals surface area contributed by atoms with Gasteiger partial charge in [-0.05, 0) is 142 Å². The van der Waals surface area contributed by atoms with Crippen LogP contribution in [0.5, 0.6) is 0 Å². The SMILES string of the molecule is CN1CCC(N(CCC(C)(C)C)C(=O)Cc2ccccc2)CC1.COC(=O)C1=C(CCN(C2CCN(C)CC2)C(C)(C)C)NC(CCc2ccccc2)=C(C(C)=O)C1c1c(Cl)cccc1Cl. The van der Waals surface area contributed by atoms with Gasteiger partial charge < -0.3 is 24.8 Å². The number of hydrogen-bond donors (Lipinski definition) is 1. The summed E-state index contributed by atoms with van der Waals surface area (Å²) in [5.74, 6) is -1.10. The molecule has 1 unspecified atom stereocenters. The van der Waals surface area contributed by atoms with Crippen molar-refractivity contribution in [3.8, 4) is 0 Å². The number of aryl methyl sites for hydroxylation is 1. The third-order valence-electron chi connectivity index (χ3n) is 13.5. The fourth-order valence-corrected chi connectivity index (χ4v) is 10.3. The summed E-state index contributed by atoms with van der Waals surface area (Å²) in [6.45, 7) is 21.0. The highest BCUT2D eigenvalue weighted by molar-refractivity contribution is 6.36. The number of ketones is 1. The van der Waals surface area contributed by atoms with Crippen molar-refractivity contribution in [3.63, 3.8) is 0 Å². The quantitative estimate of drug-likeness (QED) is 0.151. The van der Waals surface area contributed by atoms with E-state index in [4.69, 9.17) is 27.9 Å². The number of rotatable bonds is 15. The lowest BCUT2D eigenvalue weighted by atomic mass is 9.77. The molecule has 0 aromatic heterocycles. The molecule has 3 aliphatic heterocycles. The number of esters is 1. The molecule has 6 rings (SSSR count). The number of allylic oxidation sites excluding steroid dienone is 2. The highest BCUT2D eigenvalue weighted by Gasteiger charge is 2.40. The number of dihydropyridines is 1. The van der Waals surface area contributed by atoms with Crippen LogP contribution < -0.4 is 5.32 Å². The molecule has 11 heteroatoms. The van der Waals surface area contributed by atoms with Crippen LogP contribution in [-0.4, -0.2) is 115 Å². The number of nitrogens with zero attached hydrogens (tertiary/aromatic N) is 4. The Hall–Kier alpha value is -3.99. The van der Waals surface area contributed by atoms with Crippen LogP contribution in [0.2, 0.25) is 10.0 Å². The molecular weight excluding hydrogens is 866 g/mol. The Morgan fingerprint density at radius 2 is 1.20 bits per heavy atom. The minimum absolute atomic E-state index is 0.0663. The van der Waals surface area contributed by atoms with Gasteiger partial charge in [-0.15, -0.1) is 0 Å². The van der Waals surface area contributed by atoms with E-state index in [0.29, 0.717) is 58.1 Å². The molecule has 360 valence electrons. The Kier molecular flexibility index (Phi) is 19.5. The second-order valence-corrected chi connectivity index (χ2v) is 21.6. The van der Waals surface area contributed by atoms with Gasteiger partial charge in [0.05, 0.1) is 25.0 Å². The van der Waals surface area contributed by atoms with Gasteiger partial charge in [-0.3, -0.25) is 14.5 Å². The fourth-order valence-electron chi connectivity index (χ4n) is 9.71. The van der Waals surface area contributed by atoms with Crippen LogP contribution in [0.25, 0.3) is 0 Å². The Morgan fingerprint density at radius 3 is 1.70 bits per heavy atom. The summed E-state index contributed by atoms with van der Waals surface area (Å²) in [6, 6.07) is 26.4. The predicted octanol–water partition coefficient (Wildman–Crippen LogP) is 10.8. The fraction of sp³-hybridized carbons (Fsp3) is 0.545. The Bertz CT molecular complexity index is 2110. The molecule has 2 fully saturated rings. The van der Waals surface area contributed by atoms with Gasteiger partial charge in [0.15, 0.2) is 5.78 Å². The zero-order valence-electron chi connectivity index (χ0n) is 41.5. The van der Waals surface area contributed by atoms with Crippen LogP contribution in [0.15, 0.2) is 101 Å². The Balaban J connectivity index is 0.000000298. The zero-order chi connectivity index (χ0) is 48.2. The lowest BCUT2D eigenvalue weighted by molar-refractivity contribution is -0.136. The van der Waals surface area contributed by atoms with Crippen LogP contribution in [0.4, 0.5) is 0 Å². The highest BCUT2D eigenvalue weighted by Crippen LogP contribution is 2.46. The van der Waals surface area contributed by atoms with E-state index in [2.05, 4.69) is 105 Å². The van der Waals surface area contributed by atoms with Crippen molar-refractivity contribution in [1.29, 1.82) is 0 Å². The first-order chi connectivity index (χ1) is 31.3. The molecule has 3 aliphatic rings. The number of hydrogen-bond acceptors (Lipinski definition) is 8. The first kappa shape index (κ1) is 53.0. The average molecular weight is 943 g/mol. The van der Waals surface area contributed by atoms with E-state index in [-0.39, 0.29) is 22.6 Å². The Labute approximate surface area is 406 Å². The van der Waals surface area contributed by atoms with Crippen molar-refractivity contribution in [3.05, 3.63) is 128 Å². The summed E-state index contributed by atoms with van der Waals surface area (Å²) in [7, 11) is 5.72. The lowest BCUT2D eigenvalue weighted by Crippen LogP contribution is -2.52. The number of carbonyl (C=O) groups is 3. The molecule has 1 amide bonds. The number of carbonyl (C=O) groups excluding carboxylic acids is 3. The second-order valence-electron chi connectivity index (χ2n) is 20.8. The maximum atomic E-state index is 13.7. The first-order valence-electron chi connectivity index (χ1n) is 24.0. The van der Waals surface area contributed by atoms with Crippen molar-refractivity contribution in [2.45, 2.75) is 130 Å². The average Bonchev–Trinajstić information content (AvgIpc) is 3.26. The monoisotopic (exact) mass is 942 g/mol. The van der Waals surface area contributed by atoms with Crippen LogP contribution >= 0.6 is 23.2 Å². The molecule has 0 bridgehead atoms. The number of likely N-dealkylation sites (tertiary alicyclic amines) is 2. The Morgan fingerprint density at radius 1 is 0.682 bits per heavy atom. The van der Waals surface area contributed by atoms with E-state index >= 15 is 0 Å². The summed E-state index contributed by atoms with van der Waals surface area (Å²) < 4.78 is 5.37. The predicted molar refractivity (Wildman–Crippen MR) is 272 cm³/mol. The zero-order valence-corrected chi connectivity index (χ0v) is 43.0. The summed E-state index contributed by atoms with van der Waals surface area (Å²) in [4.78, 5) is 49.5. The molecule has 0 aliphatic carbocycles. The van der Waals surface area contributed by atoms with Gasteiger partial charge in [-0.1, -0.05) is 111 Å². The van der Waals surface area contributed by atoms with Crippen LogP contribution in [-0.2, 0) is 32.0 Å². The standard InChI is InChI=1S/C35H45Cl2N3O3.C20H32N2O/c1-23(41)30-28(16-15-24-11-8-7-9-12-24)38-29(19-22-40(35(2,3)4)25-17-20-39(5)21-18-25)32(34(42)43-6)33(30)31-26(36)13-10-14-27(31)37;1-20(2,3)12-15-22(18-10-13-21(4)14-11-18)19(23)16-17-8-6-5-7-9-17/h7-14,25,33,38H,15-22H2,1-6H3;5-9,18H,10-16H2,1-4H3. The van der Waals surface area contributed by atoms with Crippen molar-refractivity contribution in [2.75, 3.05) is 60.5 Å². The molecule has 1 N–H and O–H groups in total. The van der Waals surface area contributed by atoms with E-state index in [1.165, 1.54) is 7.11 Å². The van der Waals surface area contributed by atoms with E-state index in [0.717, 1.165) is 100 Å². The highest BCUT2D eigenvalue weighted by atomic mass is 35.5. The summed E-state index contributed by atoms with van der Waals surface area (Å²) in [6.07, 6.45) is 7.87. The molecule has 66 heavy (non-hydrogen) atoms. The molecule has 9 nitrogen and oxygen atoms in total. The number of Topliss-reactive ketones (excluding diaryl/α,β-unsaturated/α-hetero) is 1. The number of benzene rings is 3. The van der Waals surface area contributed by atoms with Crippen LogP contribution in [0.1, 0.15) is 116 Å². The number of methoxy groups -OCH3 is 1. The van der Waals surface area contributed by atoms with Crippen LogP contribution in [0, 0.1) is 5.41 Å². The topological polar surface area (TPSA) is 85.4 Å². The molecular formula is C55H77Cl2N5O4. The normalized spacial score (nSPS) is 18.2. The van der Waals surface area contributed by atoms with Crippen molar-refractivity contribution in [1.82, 2.24) is 24.9 Å². The number of halogens is 2. The second kappa shape index (κ2) is 24.3. The van der Waals surface area contributed by atoms with Gasteiger partial charge in [0.1, 0.15) is 0 Å². The number of piperidine rings is 2. The van der Waals surface area contributed by atoms with Gasteiger partial charge in [-0.25, -0.2) is 4.79 Å². The van der Waals surface area contributed by atoms with Gasteiger partial charge in [0.2, 0.25) is 5.91 Å². The molecule has 0 saturated carbocycles. The first-order valence-corrected chi connectivity index (χ1v) is 24.8. The number of nitrogens with one attached hydrogen (secondary N) is 1. The maximum absolute atomic E-state index is 13.7. The smallest absolute Gasteiger partial charge is 0.336 e. The van der Waals surface area contributed by atoms with E-state index in [9.17, 15) is 14.4 Å². The van der Waals surface area contributed by atoms with Gasteiger partial charge >= 0.3 is 5.97 Å². The molecule has 3 aromatic rings. The van der Waals surface area contributed by atoms with E-state index in [1.807, 2.05) is 36.4 Å². The number of ether oxygens (including phenoxy) is 1. The molecule has 0 spiro atoms. The molecule has 3 aromatic carbocycles. The minimum atomic E-state index is -0.750. The minimum Gasteiger partial charge on any atom is -0.466 e. The summed E-state index contributed by atoms with van der Waals surface area (Å²) in [5, 5.41) is 4.41. The lowest BCUT2D eigenvalue weighted by Gasteiger charge is -2.45. The molecule has 3 heterocycles. The molecule has 2 saturated heterocycles. The van der Waals surface area contributed by atoms with Gasteiger partial charge in [0.25, 0.3) is 0 Å². The van der Waals surface area contributed by atoms with Gasteiger partial charge in [0, 0.05) is 69.7 Å². The van der Waals surface area contributed by atoms with Gasteiger partial charge in [-0.2, -0.15) is 0 Å². The van der Waals surface area contributed by atoms with Crippen molar-refractivity contribution < 1.29 is 19.1 Å². The summed E-state index contributed by atoms with van der Waals surface area (Å²) >= 11 is 13.6. The van der Waals surface area contributed by atoms with Crippen molar-refractivity contribution in [2.24, 2.45) is 5.41 Å². The van der Waals surface area contributed by atoms with E-state index in [1.54, 1.807) is 25.1 Å². The number of amides is 1.